The van der Waals surface area contributed by atoms with Gasteiger partial charge in [0.05, 0.1) is 24.4 Å². The van der Waals surface area contributed by atoms with E-state index < -0.39 is 5.97 Å². The number of benzene rings is 1. The van der Waals surface area contributed by atoms with Crippen LogP contribution in [-0.4, -0.2) is 28.7 Å². The summed E-state index contributed by atoms with van der Waals surface area (Å²) in [5.41, 5.74) is 6.67. The van der Waals surface area contributed by atoms with Crippen LogP contribution in [0.1, 0.15) is 23.1 Å². The van der Waals surface area contributed by atoms with Crippen LogP contribution in [-0.2, 0) is 11.3 Å². The van der Waals surface area contributed by atoms with E-state index in [0.717, 1.165) is 5.82 Å². The maximum Gasteiger partial charge on any atom is 0.338 e. The Hall–Kier alpha value is -2.50. The van der Waals surface area contributed by atoms with Gasteiger partial charge < -0.3 is 19.8 Å². The third kappa shape index (κ3) is 3.75. The number of anilines is 1. The van der Waals surface area contributed by atoms with Crippen molar-refractivity contribution in [3.63, 3.8) is 0 Å². The number of ether oxygens (including phenoxy) is 2. The largest absolute Gasteiger partial charge is 0.492 e. The minimum atomic E-state index is -0.400. The second kappa shape index (κ2) is 6.78. The summed E-state index contributed by atoms with van der Waals surface area (Å²) in [5.74, 6) is 1.06. The zero-order valence-electron chi connectivity index (χ0n) is 12.2. The Morgan fingerprint density at radius 2 is 2.24 bits per heavy atom. The molecule has 21 heavy (non-hydrogen) atoms. The number of hydrogen-bond donors (Lipinski definition) is 1. The molecule has 1 aromatic heterocycles. The molecule has 0 aliphatic carbocycles. The van der Waals surface area contributed by atoms with Gasteiger partial charge in [0.1, 0.15) is 18.2 Å². The van der Waals surface area contributed by atoms with Crippen LogP contribution in [0, 0.1) is 6.92 Å². The van der Waals surface area contributed by atoms with Crippen LogP contribution in [0.15, 0.2) is 30.6 Å². The molecule has 0 unspecified atom stereocenters. The lowest BCUT2D eigenvalue weighted by atomic mass is 10.2. The van der Waals surface area contributed by atoms with Crippen molar-refractivity contribution in [2.75, 3.05) is 18.9 Å². The van der Waals surface area contributed by atoms with Crippen molar-refractivity contribution in [2.45, 2.75) is 20.4 Å². The first-order valence-electron chi connectivity index (χ1n) is 6.79. The normalized spacial score (nSPS) is 10.4. The molecule has 6 nitrogen and oxygen atoms in total. The smallest absolute Gasteiger partial charge is 0.338 e. The van der Waals surface area contributed by atoms with Gasteiger partial charge in [0.2, 0.25) is 0 Å². The van der Waals surface area contributed by atoms with Gasteiger partial charge in [0.15, 0.2) is 0 Å². The van der Waals surface area contributed by atoms with Crippen LogP contribution < -0.4 is 10.5 Å². The molecule has 0 saturated carbocycles. The molecule has 0 bridgehead atoms. The van der Waals surface area contributed by atoms with Crippen molar-refractivity contribution in [2.24, 2.45) is 0 Å². The van der Waals surface area contributed by atoms with E-state index in [1.165, 1.54) is 0 Å². The number of rotatable bonds is 6. The fraction of sp³-hybridized carbons (Fsp3) is 0.333. The Morgan fingerprint density at radius 3 is 2.86 bits per heavy atom. The standard InChI is InChI=1S/C15H19N3O3/c1-3-20-14-5-4-12(10-13(14)16)15(19)21-9-8-18-7-6-17-11(18)2/h4-7,10H,3,8-9,16H2,1-2H3. The maximum absolute atomic E-state index is 11.9. The van der Waals surface area contributed by atoms with Crippen molar-refractivity contribution in [3.05, 3.63) is 42.0 Å². The minimum absolute atomic E-state index is 0.281. The summed E-state index contributed by atoms with van der Waals surface area (Å²) in [7, 11) is 0. The molecule has 2 N–H and O–H groups in total. The average molecular weight is 289 g/mol. The highest BCUT2D eigenvalue weighted by molar-refractivity contribution is 5.91. The van der Waals surface area contributed by atoms with Gasteiger partial charge in [-0.15, -0.1) is 0 Å². The van der Waals surface area contributed by atoms with Gasteiger partial charge in [-0.1, -0.05) is 0 Å². The molecule has 0 amide bonds. The number of esters is 1. The second-order valence-corrected chi connectivity index (χ2v) is 4.49. The van der Waals surface area contributed by atoms with E-state index in [1.54, 1.807) is 24.4 Å². The Morgan fingerprint density at radius 1 is 1.43 bits per heavy atom. The highest BCUT2D eigenvalue weighted by Crippen LogP contribution is 2.22. The number of nitrogens with zero attached hydrogens (tertiary/aromatic N) is 2. The number of aromatic nitrogens is 2. The number of aryl methyl sites for hydroxylation is 1. The van der Waals surface area contributed by atoms with Gasteiger partial charge in [0, 0.05) is 12.4 Å². The second-order valence-electron chi connectivity index (χ2n) is 4.49. The molecular weight excluding hydrogens is 270 g/mol. The van der Waals surface area contributed by atoms with Crippen molar-refractivity contribution in [3.8, 4) is 5.75 Å². The van der Waals surface area contributed by atoms with Crippen LogP contribution in [0.4, 0.5) is 5.69 Å². The highest BCUT2D eigenvalue weighted by atomic mass is 16.5. The number of nitrogens with two attached hydrogens (primary N) is 1. The van der Waals surface area contributed by atoms with E-state index in [4.69, 9.17) is 15.2 Å². The average Bonchev–Trinajstić information content (AvgIpc) is 2.87. The lowest BCUT2D eigenvalue weighted by Gasteiger charge is -2.09. The first-order valence-corrected chi connectivity index (χ1v) is 6.79. The molecule has 2 rings (SSSR count). The molecular formula is C15H19N3O3. The Bertz CT molecular complexity index is 622. The van der Waals surface area contributed by atoms with Crippen LogP contribution in [0.25, 0.3) is 0 Å². The highest BCUT2D eigenvalue weighted by Gasteiger charge is 2.10. The zero-order chi connectivity index (χ0) is 15.2. The van der Waals surface area contributed by atoms with Crippen LogP contribution >= 0.6 is 0 Å². The van der Waals surface area contributed by atoms with Gasteiger partial charge >= 0.3 is 5.97 Å². The summed E-state index contributed by atoms with van der Waals surface area (Å²) in [6.07, 6.45) is 3.56. The van der Waals surface area contributed by atoms with Crippen LogP contribution in [0.5, 0.6) is 5.75 Å². The molecule has 0 spiro atoms. The summed E-state index contributed by atoms with van der Waals surface area (Å²) in [5, 5.41) is 0. The monoisotopic (exact) mass is 289 g/mol. The number of imidazole rings is 1. The Balaban J connectivity index is 1.91. The molecule has 1 heterocycles. The maximum atomic E-state index is 11.9. The third-order valence-corrected chi connectivity index (χ3v) is 3.03. The van der Waals surface area contributed by atoms with E-state index in [2.05, 4.69) is 4.98 Å². The predicted molar refractivity (Wildman–Crippen MR) is 79.3 cm³/mol. The number of nitrogen functional groups attached to an aromatic ring is 1. The first-order chi connectivity index (χ1) is 10.1. The lowest BCUT2D eigenvalue weighted by Crippen LogP contribution is -2.12. The Labute approximate surface area is 123 Å². The fourth-order valence-corrected chi connectivity index (χ4v) is 1.92. The summed E-state index contributed by atoms with van der Waals surface area (Å²) in [6.45, 7) is 5.15. The van der Waals surface area contributed by atoms with Gasteiger partial charge in [-0.3, -0.25) is 0 Å². The minimum Gasteiger partial charge on any atom is -0.492 e. The van der Waals surface area contributed by atoms with E-state index >= 15 is 0 Å². The van der Waals surface area contributed by atoms with Gasteiger partial charge in [-0.05, 0) is 32.0 Å². The molecule has 6 heteroatoms. The fourth-order valence-electron chi connectivity index (χ4n) is 1.92. The van der Waals surface area contributed by atoms with Gasteiger partial charge in [-0.2, -0.15) is 0 Å². The molecule has 2 aromatic rings. The van der Waals surface area contributed by atoms with Gasteiger partial charge in [0.25, 0.3) is 0 Å². The molecule has 0 aliphatic rings. The molecule has 0 saturated heterocycles. The van der Waals surface area contributed by atoms with Crippen molar-refractivity contribution in [1.82, 2.24) is 9.55 Å². The van der Waals surface area contributed by atoms with E-state index in [9.17, 15) is 4.79 Å². The van der Waals surface area contributed by atoms with Crippen LogP contribution in [0.2, 0.25) is 0 Å². The Kier molecular flexibility index (Phi) is 4.81. The predicted octanol–water partition coefficient (Wildman–Crippen LogP) is 2.03. The molecule has 0 fully saturated rings. The summed E-state index contributed by atoms with van der Waals surface area (Å²) < 4.78 is 12.5. The molecule has 112 valence electrons. The first kappa shape index (κ1) is 14.9. The van der Waals surface area contributed by atoms with E-state index in [-0.39, 0.29) is 6.61 Å². The van der Waals surface area contributed by atoms with E-state index in [1.807, 2.05) is 24.6 Å². The van der Waals surface area contributed by atoms with Crippen molar-refractivity contribution < 1.29 is 14.3 Å². The van der Waals surface area contributed by atoms with Crippen molar-refractivity contribution >= 4 is 11.7 Å². The van der Waals surface area contributed by atoms with Crippen LogP contribution in [0.3, 0.4) is 0 Å². The van der Waals surface area contributed by atoms with Gasteiger partial charge in [-0.25, -0.2) is 9.78 Å². The molecule has 0 aliphatic heterocycles. The van der Waals surface area contributed by atoms with Crippen molar-refractivity contribution in [1.29, 1.82) is 0 Å². The summed E-state index contributed by atoms with van der Waals surface area (Å²) >= 11 is 0. The number of hydrogen-bond acceptors (Lipinski definition) is 5. The SMILES string of the molecule is CCOc1ccc(C(=O)OCCn2ccnc2C)cc1N. The molecule has 0 atom stereocenters. The molecule has 1 aromatic carbocycles. The lowest BCUT2D eigenvalue weighted by molar-refractivity contribution is 0.0490. The summed E-state index contributed by atoms with van der Waals surface area (Å²) in [4.78, 5) is 16.0. The molecule has 0 radical (unpaired) electrons. The number of carbonyl (C=O) groups excluding carboxylic acids is 1. The topological polar surface area (TPSA) is 79.4 Å². The van der Waals surface area contributed by atoms with E-state index in [0.29, 0.717) is 30.2 Å². The summed E-state index contributed by atoms with van der Waals surface area (Å²) in [6, 6.07) is 4.89. The number of carbonyl (C=O) groups is 1. The zero-order valence-corrected chi connectivity index (χ0v) is 12.2. The third-order valence-electron chi connectivity index (χ3n) is 3.03. The quantitative estimate of drug-likeness (QED) is 0.650.